The van der Waals surface area contributed by atoms with Gasteiger partial charge in [0.1, 0.15) is 6.33 Å². The minimum absolute atomic E-state index is 0.467. The lowest BCUT2D eigenvalue weighted by molar-refractivity contribution is 0.182. The lowest BCUT2D eigenvalue weighted by Crippen LogP contribution is -2.40. The smallest absolute Gasteiger partial charge is 0.231 e. The first-order chi connectivity index (χ1) is 17.5. The SMILES string of the molecule is CC(C)N(CCNc1nc(Nc2ccc3ncccc3c2)nc2c1ncn2-c1ccccc1)C(C)C. The van der Waals surface area contributed by atoms with Gasteiger partial charge in [0.15, 0.2) is 17.0 Å². The van der Waals surface area contributed by atoms with E-state index in [9.17, 15) is 0 Å². The van der Waals surface area contributed by atoms with E-state index in [1.807, 2.05) is 59.2 Å². The fourth-order valence-electron chi connectivity index (χ4n) is 4.56. The maximum Gasteiger partial charge on any atom is 0.231 e. The molecular formula is C28H32N8. The fourth-order valence-corrected chi connectivity index (χ4v) is 4.56. The molecule has 184 valence electrons. The van der Waals surface area contributed by atoms with Gasteiger partial charge >= 0.3 is 0 Å². The number of para-hydroxylation sites is 1. The van der Waals surface area contributed by atoms with Crippen LogP contribution in [0.15, 0.2) is 73.2 Å². The molecule has 0 aliphatic rings. The maximum atomic E-state index is 4.86. The molecular weight excluding hydrogens is 448 g/mol. The molecule has 5 rings (SSSR count). The Morgan fingerprint density at radius 3 is 2.47 bits per heavy atom. The quantitative estimate of drug-likeness (QED) is 0.282. The van der Waals surface area contributed by atoms with Gasteiger partial charge in [0.25, 0.3) is 0 Å². The number of anilines is 3. The molecule has 0 aliphatic heterocycles. The predicted octanol–water partition coefficient (Wildman–Crippen LogP) is 5.64. The second-order valence-corrected chi connectivity index (χ2v) is 9.41. The first kappa shape index (κ1) is 23.7. The maximum absolute atomic E-state index is 4.86. The molecule has 3 heterocycles. The van der Waals surface area contributed by atoms with E-state index in [1.165, 1.54) is 0 Å². The van der Waals surface area contributed by atoms with Gasteiger partial charge in [0, 0.05) is 48.1 Å². The lowest BCUT2D eigenvalue weighted by atomic mass is 10.2. The Kier molecular flexibility index (Phi) is 6.77. The highest BCUT2D eigenvalue weighted by atomic mass is 15.2. The highest BCUT2D eigenvalue weighted by Crippen LogP contribution is 2.26. The number of fused-ring (bicyclic) bond motifs is 2. The van der Waals surface area contributed by atoms with Crippen LogP contribution in [0.4, 0.5) is 17.5 Å². The molecule has 0 saturated carbocycles. The molecule has 0 aliphatic carbocycles. The van der Waals surface area contributed by atoms with Crippen LogP contribution in [0.5, 0.6) is 0 Å². The van der Waals surface area contributed by atoms with Gasteiger partial charge in [-0.1, -0.05) is 24.3 Å². The van der Waals surface area contributed by atoms with E-state index in [0.29, 0.717) is 23.8 Å². The summed E-state index contributed by atoms with van der Waals surface area (Å²) >= 11 is 0. The van der Waals surface area contributed by atoms with Crippen LogP contribution in [0.1, 0.15) is 27.7 Å². The van der Waals surface area contributed by atoms with Crippen LogP contribution in [0.2, 0.25) is 0 Å². The van der Waals surface area contributed by atoms with Gasteiger partial charge < -0.3 is 10.6 Å². The molecule has 8 nitrogen and oxygen atoms in total. The third kappa shape index (κ3) is 4.99. The van der Waals surface area contributed by atoms with Crippen molar-refractivity contribution in [3.63, 3.8) is 0 Å². The van der Waals surface area contributed by atoms with E-state index in [1.54, 1.807) is 12.5 Å². The summed E-state index contributed by atoms with van der Waals surface area (Å²) in [6.07, 6.45) is 3.61. The molecule has 36 heavy (non-hydrogen) atoms. The number of rotatable bonds is 9. The number of benzene rings is 2. The van der Waals surface area contributed by atoms with E-state index in [4.69, 9.17) is 9.97 Å². The molecule has 0 radical (unpaired) electrons. The van der Waals surface area contributed by atoms with Gasteiger partial charge in [-0.3, -0.25) is 14.5 Å². The summed E-state index contributed by atoms with van der Waals surface area (Å²) in [4.78, 5) is 21.2. The zero-order valence-electron chi connectivity index (χ0n) is 21.2. The Morgan fingerprint density at radius 1 is 0.889 bits per heavy atom. The van der Waals surface area contributed by atoms with Crippen molar-refractivity contribution in [2.75, 3.05) is 23.7 Å². The van der Waals surface area contributed by atoms with E-state index in [2.05, 4.69) is 59.3 Å². The zero-order chi connectivity index (χ0) is 25.1. The molecule has 3 aromatic heterocycles. The van der Waals surface area contributed by atoms with Crippen molar-refractivity contribution in [1.29, 1.82) is 0 Å². The average molecular weight is 481 g/mol. The molecule has 2 aromatic carbocycles. The fraction of sp³-hybridized carbons (Fsp3) is 0.286. The van der Waals surface area contributed by atoms with E-state index >= 15 is 0 Å². The number of nitrogens with zero attached hydrogens (tertiary/aromatic N) is 6. The van der Waals surface area contributed by atoms with Gasteiger partial charge in [-0.05, 0) is 64.1 Å². The first-order valence-electron chi connectivity index (χ1n) is 12.4. The van der Waals surface area contributed by atoms with E-state index in [0.717, 1.165) is 46.5 Å². The third-order valence-electron chi connectivity index (χ3n) is 6.28. The summed E-state index contributed by atoms with van der Waals surface area (Å²) in [5.74, 6) is 1.22. The van der Waals surface area contributed by atoms with Crippen LogP contribution in [-0.2, 0) is 0 Å². The summed E-state index contributed by atoms with van der Waals surface area (Å²) in [5, 5.41) is 7.98. The van der Waals surface area contributed by atoms with Crippen molar-refractivity contribution >= 4 is 39.5 Å². The van der Waals surface area contributed by atoms with Crippen molar-refractivity contribution in [2.45, 2.75) is 39.8 Å². The summed E-state index contributed by atoms with van der Waals surface area (Å²) < 4.78 is 1.99. The molecule has 0 saturated heterocycles. The molecule has 8 heteroatoms. The minimum atomic E-state index is 0.467. The van der Waals surface area contributed by atoms with Crippen LogP contribution in [0.3, 0.4) is 0 Å². The van der Waals surface area contributed by atoms with Gasteiger partial charge in [-0.15, -0.1) is 0 Å². The number of pyridine rings is 1. The summed E-state index contributed by atoms with van der Waals surface area (Å²) in [7, 11) is 0. The monoisotopic (exact) mass is 480 g/mol. The Balaban J connectivity index is 1.50. The second-order valence-electron chi connectivity index (χ2n) is 9.41. The van der Waals surface area contributed by atoms with Crippen LogP contribution in [-0.4, -0.2) is 54.6 Å². The number of imidazole rings is 1. The molecule has 0 atom stereocenters. The topological polar surface area (TPSA) is 83.8 Å². The normalized spacial score (nSPS) is 11.8. The van der Waals surface area contributed by atoms with Crippen molar-refractivity contribution in [1.82, 2.24) is 29.4 Å². The number of aromatic nitrogens is 5. The van der Waals surface area contributed by atoms with Crippen molar-refractivity contribution in [3.8, 4) is 5.69 Å². The number of hydrogen-bond donors (Lipinski definition) is 2. The Labute approximate surface area is 211 Å². The second kappa shape index (κ2) is 10.3. The molecule has 2 N–H and O–H groups in total. The van der Waals surface area contributed by atoms with Crippen LogP contribution >= 0.6 is 0 Å². The molecule has 0 amide bonds. The average Bonchev–Trinajstić information content (AvgIpc) is 3.30. The van der Waals surface area contributed by atoms with E-state index < -0.39 is 0 Å². The highest BCUT2D eigenvalue weighted by molar-refractivity contribution is 5.87. The zero-order valence-corrected chi connectivity index (χ0v) is 21.2. The minimum Gasteiger partial charge on any atom is -0.367 e. The highest BCUT2D eigenvalue weighted by Gasteiger charge is 2.17. The van der Waals surface area contributed by atoms with Crippen LogP contribution < -0.4 is 10.6 Å². The van der Waals surface area contributed by atoms with Crippen LogP contribution in [0.25, 0.3) is 27.8 Å². The van der Waals surface area contributed by atoms with Gasteiger partial charge in [0.05, 0.1) is 5.52 Å². The first-order valence-corrected chi connectivity index (χ1v) is 12.4. The van der Waals surface area contributed by atoms with Crippen molar-refractivity contribution < 1.29 is 0 Å². The number of nitrogens with one attached hydrogen (secondary N) is 2. The largest absolute Gasteiger partial charge is 0.367 e. The molecule has 0 fully saturated rings. The van der Waals surface area contributed by atoms with Gasteiger partial charge in [-0.25, -0.2) is 4.98 Å². The van der Waals surface area contributed by atoms with Gasteiger partial charge in [0.2, 0.25) is 5.95 Å². The van der Waals surface area contributed by atoms with E-state index in [-0.39, 0.29) is 0 Å². The molecule has 5 aromatic rings. The molecule has 0 spiro atoms. The molecule has 0 unspecified atom stereocenters. The Hall–Kier alpha value is -4.04. The number of hydrogen-bond acceptors (Lipinski definition) is 7. The van der Waals surface area contributed by atoms with Crippen molar-refractivity contribution in [2.24, 2.45) is 0 Å². The van der Waals surface area contributed by atoms with Gasteiger partial charge in [-0.2, -0.15) is 9.97 Å². The lowest BCUT2D eigenvalue weighted by Gasteiger charge is -2.30. The molecule has 0 bridgehead atoms. The Morgan fingerprint density at radius 2 is 1.69 bits per heavy atom. The predicted molar refractivity (Wildman–Crippen MR) is 147 cm³/mol. The third-order valence-corrected chi connectivity index (χ3v) is 6.28. The standard InChI is InChI=1S/C28H32N8/c1-19(2)35(20(3)4)16-15-30-26-25-27(36(18-31-25)23-10-6-5-7-11-23)34-28(33-26)32-22-12-13-24-21(17-22)9-8-14-29-24/h5-14,17-20H,15-16H2,1-4H3,(H2,30,32,33,34). The summed E-state index contributed by atoms with van der Waals surface area (Å²) in [6.45, 7) is 10.6. The Bertz CT molecular complexity index is 1450. The van der Waals surface area contributed by atoms with Crippen LogP contribution in [0, 0.1) is 0 Å². The van der Waals surface area contributed by atoms with Crippen molar-refractivity contribution in [3.05, 3.63) is 73.2 Å². The summed E-state index contributed by atoms with van der Waals surface area (Å²) in [6, 6.07) is 21.1. The summed E-state index contributed by atoms with van der Waals surface area (Å²) in [5.41, 5.74) is 4.33.